The Morgan fingerprint density at radius 2 is 2.09 bits per heavy atom. The zero-order chi connectivity index (χ0) is 16.6. The number of cyclic esters (lactones) is 1. The summed E-state index contributed by atoms with van der Waals surface area (Å²) in [5.74, 6) is -0.157. The van der Waals surface area contributed by atoms with Crippen molar-refractivity contribution in [2.24, 2.45) is 22.2 Å². The molecule has 0 aromatic rings. The topological polar surface area (TPSA) is 52.6 Å². The van der Waals surface area contributed by atoms with Crippen LogP contribution in [0.2, 0.25) is 0 Å². The maximum absolute atomic E-state index is 12.2. The van der Waals surface area contributed by atoms with E-state index in [9.17, 15) is 9.59 Å². The quantitative estimate of drug-likeness (QED) is 0.743. The van der Waals surface area contributed by atoms with E-state index in [0.717, 1.165) is 32.1 Å². The summed E-state index contributed by atoms with van der Waals surface area (Å²) in [6.07, 6.45) is 4.34. The van der Waals surface area contributed by atoms with E-state index in [1.54, 1.807) is 0 Å². The van der Waals surface area contributed by atoms with Crippen molar-refractivity contribution < 1.29 is 19.1 Å². The molecule has 2 aliphatic rings. The second-order valence-corrected chi connectivity index (χ2v) is 8.66. The molecule has 0 amide bonds. The van der Waals surface area contributed by atoms with Gasteiger partial charge < -0.3 is 9.47 Å². The smallest absolute Gasteiger partial charge is 0.311 e. The molecule has 3 unspecified atom stereocenters. The van der Waals surface area contributed by atoms with Crippen LogP contribution in [0.3, 0.4) is 0 Å². The number of hydrogen-bond acceptors (Lipinski definition) is 4. The second kappa shape index (κ2) is 5.86. The van der Waals surface area contributed by atoms with Crippen molar-refractivity contribution >= 4 is 11.9 Å². The number of esters is 2. The minimum atomic E-state index is -0.431. The average Bonchev–Trinajstić information content (AvgIpc) is 2.56. The standard InChI is InChI=1S/C18H30O4/c1-6-16(2,3)15(20)22-11-17(4)8-7-13-9-18(5,10-17)12-21-14(13)19/h13H,6-12H2,1-5H3. The molecular weight excluding hydrogens is 280 g/mol. The van der Waals surface area contributed by atoms with E-state index in [0.29, 0.717) is 13.2 Å². The van der Waals surface area contributed by atoms with E-state index < -0.39 is 5.41 Å². The first-order valence-corrected chi connectivity index (χ1v) is 8.43. The van der Waals surface area contributed by atoms with Crippen LogP contribution in [0.1, 0.15) is 66.7 Å². The molecule has 0 aromatic heterocycles. The van der Waals surface area contributed by atoms with E-state index in [-0.39, 0.29) is 28.7 Å². The molecule has 2 rings (SSSR count). The second-order valence-electron chi connectivity index (χ2n) is 8.66. The number of hydrogen-bond donors (Lipinski definition) is 0. The predicted octanol–water partition coefficient (Wildman–Crippen LogP) is 3.73. The average molecular weight is 310 g/mol. The van der Waals surface area contributed by atoms with Gasteiger partial charge in [-0.3, -0.25) is 9.59 Å². The van der Waals surface area contributed by atoms with Gasteiger partial charge in [0, 0.05) is 10.8 Å². The van der Waals surface area contributed by atoms with Crippen LogP contribution >= 0.6 is 0 Å². The molecule has 126 valence electrons. The van der Waals surface area contributed by atoms with Crippen molar-refractivity contribution in [1.82, 2.24) is 0 Å². The molecule has 1 aliphatic heterocycles. The Kier molecular flexibility index (Phi) is 4.61. The zero-order valence-electron chi connectivity index (χ0n) is 14.7. The monoisotopic (exact) mass is 310 g/mol. The Morgan fingerprint density at radius 1 is 1.41 bits per heavy atom. The van der Waals surface area contributed by atoms with Crippen molar-refractivity contribution in [2.45, 2.75) is 66.7 Å². The summed E-state index contributed by atoms with van der Waals surface area (Å²) in [4.78, 5) is 24.1. The van der Waals surface area contributed by atoms with Gasteiger partial charge in [-0.25, -0.2) is 0 Å². The Morgan fingerprint density at radius 3 is 2.73 bits per heavy atom. The largest absolute Gasteiger partial charge is 0.465 e. The van der Waals surface area contributed by atoms with Crippen LogP contribution in [0.25, 0.3) is 0 Å². The van der Waals surface area contributed by atoms with Crippen LogP contribution in [0.4, 0.5) is 0 Å². The van der Waals surface area contributed by atoms with Gasteiger partial charge in [-0.15, -0.1) is 0 Å². The van der Waals surface area contributed by atoms with Crippen molar-refractivity contribution in [3.63, 3.8) is 0 Å². The molecule has 0 aromatic carbocycles. The van der Waals surface area contributed by atoms with Crippen LogP contribution in [-0.2, 0) is 19.1 Å². The van der Waals surface area contributed by atoms with Gasteiger partial charge in [-0.2, -0.15) is 0 Å². The molecule has 2 fully saturated rings. The zero-order valence-corrected chi connectivity index (χ0v) is 14.7. The summed E-state index contributed by atoms with van der Waals surface area (Å²) in [5, 5.41) is 0. The highest BCUT2D eigenvalue weighted by Gasteiger charge is 2.47. The Bertz CT molecular complexity index is 456. The van der Waals surface area contributed by atoms with Crippen LogP contribution in [-0.4, -0.2) is 25.2 Å². The molecule has 1 heterocycles. The fourth-order valence-corrected chi connectivity index (χ4v) is 3.79. The lowest BCUT2D eigenvalue weighted by atomic mass is 9.71. The Hall–Kier alpha value is -1.06. The predicted molar refractivity (Wildman–Crippen MR) is 84.2 cm³/mol. The van der Waals surface area contributed by atoms with Crippen LogP contribution in [0, 0.1) is 22.2 Å². The molecule has 22 heavy (non-hydrogen) atoms. The summed E-state index contributed by atoms with van der Waals surface area (Å²) in [6, 6.07) is 0. The fourth-order valence-electron chi connectivity index (χ4n) is 3.79. The molecule has 4 nitrogen and oxygen atoms in total. The number of carbonyl (C=O) groups is 2. The SMILES string of the molecule is CCC(C)(C)C(=O)OCC1(C)CCC2CC(C)(COC2=O)C1. The van der Waals surface area contributed by atoms with E-state index in [1.807, 2.05) is 20.8 Å². The Balaban J connectivity index is 2.04. The summed E-state index contributed by atoms with van der Waals surface area (Å²) >= 11 is 0. The number of ether oxygens (including phenoxy) is 2. The number of carbonyl (C=O) groups excluding carboxylic acids is 2. The van der Waals surface area contributed by atoms with Gasteiger partial charge in [0.1, 0.15) is 0 Å². The third-order valence-electron chi connectivity index (χ3n) is 5.57. The first-order chi connectivity index (χ1) is 10.1. The van der Waals surface area contributed by atoms with Crippen molar-refractivity contribution in [1.29, 1.82) is 0 Å². The highest BCUT2D eigenvalue weighted by atomic mass is 16.5. The lowest BCUT2D eigenvalue weighted by Gasteiger charge is -2.39. The maximum Gasteiger partial charge on any atom is 0.311 e. The van der Waals surface area contributed by atoms with Crippen molar-refractivity contribution in [2.75, 3.05) is 13.2 Å². The van der Waals surface area contributed by atoms with Crippen molar-refractivity contribution in [3.8, 4) is 0 Å². The van der Waals surface area contributed by atoms with E-state index >= 15 is 0 Å². The molecule has 0 radical (unpaired) electrons. The molecule has 0 N–H and O–H groups in total. The van der Waals surface area contributed by atoms with E-state index in [4.69, 9.17) is 9.47 Å². The molecule has 3 atom stereocenters. The third kappa shape index (κ3) is 3.64. The summed E-state index contributed by atoms with van der Waals surface area (Å²) in [6.45, 7) is 11.1. The molecule has 1 saturated heterocycles. The fraction of sp³-hybridized carbons (Fsp3) is 0.889. The first kappa shape index (κ1) is 17.3. The van der Waals surface area contributed by atoms with Gasteiger partial charge in [0.25, 0.3) is 0 Å². The van der Waals surface area contributed by atoms with Gasteiger partial charge in [0.2, 0.25) is 0 Å². The van der Waals surface area contributed by atoms with Gasteiger partial charge in [-0.1, -0.05) is 20.8 Å². The van der Waals surface area contributed by atoms with Crippen LogP contribution in [0.15, 0.2) is 0 Å². The third-order valence-corrected chi connectivity index (χ3v) is 5.57. The van der Waals surface area contributed by atoms with Gasteiger partial charge in [0.15, 0.2) is 0 Å². The number of rotatable bonds is 4. The lowest BCUT2D eigenvalue weighted by molar-refractivity contribution is -0.162. The van der Waals surface area contributed by atoms with Gasteiger partial charge >= 0.3 is 11.9 Å². The molecular formula is C18H30O4. The summed E-state index contributed by atoms with van der Waals surface area (Å²) in [7, 11) is 0. The molecule has 1 aliphatic carbocycles. The summed E-state index contributed by atoms with van der Waals surface area (Å²) < 4.78 is 11.0. The van der Waals surface area contributed by atoms with E-state index in [1.165, 1.54) is 0 Å². The molecule has 0 spiro atoms. The maximum atomic E-state index is 12.2. The lowest BCUT2D eigenvalue weighted by Crippen LogP contribution is -2.39. The first-order valence-electron chi connectivity index (χ1n) is 8.43. The molecule has 1 saturated carbocycles. The highest BCUT2D eigenvalue weighted by Crippen LogP contribution is 2.49. The van der Waals surface area contributed by atoms with Crippen molar-refractivity contribution in [3.05, 3.63) is 0 Å². The molecule has 4 heteroatoms. The normalized spacial score (nSPS) is 35.5. The highest BCUT2D eigenvalue weighted by molar-refractivity contribution is 5.75. The number of fused-ring (bicyclic) bond motifs is 2. The minimum absolute atomic E-state index is 0.0104. The van der Waals surface area contributed by atoms with Crippen LogP contribution in [0.5, 0.6) is 0 Å². The Labute approximate surface area is 133 Å². The summed E-state index contributed by atoms with van der Waals surface area (Å²) in [5.41, 5.74) is -0.493. The van der Waals surface area contributed by atoms with E-state index in [2.05, 4.69) is 13.8 Å². The van der Waals surface area contributed by atoms with Gasteiger partial charge in [-0.05, 0) is 46.0 Å². The van der Waals surface area contributed by atoms with Gasteiger partial charge in [0.05, 0.1) is 24.5 Å². The van der Waals surface area contributed by atoms with Crippen LogP contribution < -0.4 is 0 Å². The molecule has 2 bridgehead atoms. The minimum Gasteiger partial charge on any atom is -0.465 e.